The molecule has 6 heteroatoms. The number of amides is 1. The van der Waals surface area contributed by atoms with Gasteiger partial charge in [-0.25, -0.2) is 0 Å². The lowest BCUT2D eigenvalue weighted by Gasteiger charge is -2.23. The van der Waals surface area contributed by atoms with Gasteiger partial charge in [-0.15, -0.1) is 0 Å². The van der Waals surface area contributed by atoms with Crippen LogP contribution in [0.5, 0.6) is 0 Å². The van der Waals surface area contributed by atoms with Crippen LogP contribution < -0.4 is 0 Å². The molecule has 1 aromatic heterocycles. The van der Waals surface area contributed by atoms with E-state index in [1.807, 2.05) is 20.0 Å². The fourth-order valence-corrected chi connectivity index (χ4v) is 2.45. The van der Waals surface area contributed by atoms with E-state index >= 15 is 0 Å². The highest BCUT2D eigenvalue weighted by atomic mass is 79.9. The van der Waals surface area contributed by atoms with Crippen LogP contribution in [-0.4, -0.2) is 41.0 Å². The van der Waals surface area contributed by atoms with Crippen LogP contribution in [0.1, 0.15) is 31.3 Å². The van der Waals surface area contributed by atoms with Gasteiger partial charge in [0.25, 0.3) is 5.91 Å². The smallest absolute Gasteiger partial charge is 0.325 e. The summed E-state index contributed by atoms with van der Waals surface area (Å²) in [6.07, 6.45) is 1.81. The van der Waals surface area contributed by atoms with Gasteiger partial charge in [-0.3, -0.25) is 9.59 Å². The number of carbonyl (C=O) groups is 2. The van der Waals surface area contributed by atoms with Gasteiger partial charge in [0.2, 0.25) is 0 Å². The van der Waals surface area contributed by atoms with E-state index in [1.165, 1.54) is 4.90 Å². The lowest BCUT2D eigenvalue weighted by Crippen LogP contribution is -2.39. The summed E-state index contributed by atoms with van der Waals surface area (Å²) in [6.45, 7) is 6.58. The molecule has 1 amide bonds. The molecule has 0 bridgehead atoms. The molecule has 1 rings (SSSR count). The Morgan fingerprint density at radius 2 is 2.10 bits per heavy atom. The average molecular weight is 345 g/mol. The Morgan fingerprint density at radius 3 is 2.55 bits per heavy atom. The van der Waals surface area contributed by atoms with Crippen LogP contribution in [0.2, 0.25) is 0 Å². The number of halogens is 1. The molecule has 0 aliphatic rings. The maximum Gasteiger partial charge on any atom is 0.325 e. The first-order valence-corrected chi connectivity index (χ1v) is 7.41. The molecule has 0 aliphatic heterocycles. The first-order valence-electron chi connectivity index (χ1n) is 6.61. The predicted molar refractivity (Wildman–Crippen MR) is 80.5 cm³/mol. The highest BCUT2D eigenvalue weighted by Gasteiger charge is 2.22. The van der Waals surface area contributed by atoms with Crippen molar-refractivity contribution in [1.82, 2.24) is 9.47 Å². The third-order valence-corrected chi connectivity index (χ3v) is 3.12. The van der Waals surface area contributed by atoms with Crippen LogP contribution in [0.15, 0.2) is 16.7 Å². The first-order chi connectivity index (χ1) is 9.35. The topological polar surface area (TPSA) is 51.5 Å². The summed E-state index contributed by atoms with van der Waals surface area (Å²) in [5.74, 6) is -0.271. The van der Waals surface area contributed by atoms with Crippen molar-refractivity contribution in [2.24, 2.45) is 13.0 Å². The summed E-state index contributed by atoms with van der Waals surface area (Å²) in [7, 11) is 1.80. The molecule has 5 nitrogen and oxygen atoms in total. The van der Waals surface area contributed by atoms with Gasteiger partial charge < -0.3 is 14.2 Å². The van der Waals surface area contributed by atoms with Crippen LogP contribution in [0.3, 0.4) is 0 Å². The van der Waals surface area contributed by atoms with Gasteiger partial charge in [0.15, 0.2) is 0 Å². The highest BCUT2D eigenvalue weighted by molar-refractivity contribution is 9.10. The van der Waals surface area contributed by atoms with E-state index in [9.17, 15) is 9.59 Å². The van der Waals surface area contributed by atoms with Crippen molar-refractivity contribution < 1.29 is 14.3 Å². The molecule has 0 atom stereocenters. The molecule has 0 radical (unpaired) electrons. The van der Waals surface area contributed by atoms with E-state index in [1.54, 1.807) is 24.6 Å². The molecule has 0 aromatic carbocycles. The molecule has 0 N–H and O–H groups in total. The van der Waals surface area contributed by atoms with Gasteiger partial charge in [-0.1, -0.05) is 13.8 Å². The first kappa shape index (κ1) is 16.8. The number of ether oxygens (including phenoxy) is 1. The molecule has 0 saturated heterocycles. The summed E-state index contributed by atoms with van der Waals surface area (Å²) in [5, 5.41) is 0. The van der Waals surface area contributed by atoms with E-state index in [-0.39, 0.29) is 24.3 Å². The SMILES string of the molecule is CCOC(=O)CN(CC(C)C)C(=O)c1cc(Br)cn1C. The molecule has 0 spiro atoms. The quantitative estimate of drug-likeness (QED) is 0.744. The second-order valence-electron chi connectivity index (χ2n) is 5.04. The van der Waals surface area contributed by atoms with Crippen molar-refractivity contribution in [2.45, 2.75) is 20.8 Å². The van der Waals surface area contributed by atoms with Crippen LogP contribution >= 0.6 is 15.9 Å². The highest BCUT2D eigenvalue weighted by Crippen LogP contribution is 2.16. The Bertz CT molecular complexity index is 483. The summed E-state index contributed by atoms with van der Waals surface area (Å²) in [5.41, 5.74) is 0.543. The Morgan fingerprint density at radius 1 is 1.45 bits per heavy atom. The monoisotopic (exact) mass is 344 g/mol. The second kappa shape index (κ2) is 7.47. The number of nitrogens with zero attached hydrogens (tertiary/aromatic N) is 2. The zero-order valence-corrected chi connectivity index (χ0v) is 13.9. The largest absolute Gasteiger partial charge is 0.465 e. The standard InChI is InChI=1S/C14H21BrN2O3/c1-5-20-13(18)9-17(7-10(2)3)14(19)12-6-11(15)8-16(12)4/h6,8,10H,5,7,9H2,1-4H3. The van der Waals surface area contributed by atoms with Gasteiger partial charge in [-0.2, -0.15) is 0 Å². The number of carbonyl (C=O) groups excluding carboxylic acids is 2. The molecule has 0 aliphatic carbocycles. The van der Waals surface area contributed by atoms with E-state index in [0.29, 0.717) is 18.8 Å². The average Bonchev–Trinajstić information content (AvgIpc) is 2.66. The molecule has 0 unspecified atom stereocenters. The number of hydrogen-bond donors (Lipinski definition) is 0. The lowest BCUT2D eigenvalue weighted by molar-refractivity contribution is -0.143. The molecule has 20 heavy (non-hydrogen) atoms. The minimum absolute atomic E-state index is 0.0202. The molecule has 112 valence electrons. The van der Waals surface area contributed by atoms with Crippen molar-refractivity contribution in [3.63, 3.8) is 0 Å². The summed E-state index contributed by atoms with van der Waals surface area (Å²) < 4.78 is 7.50. The Labute approximate surface area is 128 Å². The number of aromatic nitrogens is 1. The molecular weight excluding hydrogens is 324 g/mol. The van der Waals surface area contributed by atoms with E-state index < -0.39 is 0 Å². The summed E-state index contributed by atoms with van der Waals surface area (Å²) in [6, 6.07) is 1.75. The van der Waals surface area contributed by atoms with E-state index in [4.69, 9.17) is 4.74 Å². The minimum atomic E-state index is -0.380. The van der Waals surface area contributed by atoms with Gasteiger partial charge in [0, 0.05) is 24.3 Å². The molecule has 1 heterocycles. The Hall–Kier alpha value is -1.30. The molecule has 0 saturated carbocycles. The zero-order chi connectivity index (χ0) is 15.3. The number of hydrogen-bond acceptors (Lipinski definition) is 3. The van der Waals surface area contributed by atoms with Crippen LogP contribution in [0.4, 0.5) is 0 Å². The second-order valence-corrected chi connectivity index (χ2v) is 5.95. The number of aryl methyl sites for hydroxylation is 1. The molecule has 1 aromatic rings. The normalized spacial score (nSPS) is 10.7. The minimum Gasteiger partial charge on any atom is -0.465 e. The van der Waals surface area contributed by atoms with Gasteiger partial charge >= 0.3 is 5.97 Å². The van der Waals surface area contributed by atoms with Crippen molar-refractivity contribution in [3.8, 4) is 0 Å². The summed E-state index contributed by atoms with van der Waals surface area (Å²) in [4.78, 5) is 25.7. The van der Waals surface area contributed by atoms with Crippen molar-refractivity contribution in [1.29, 1.82) is 0 Å². The number of rotatable bonds is 6. The van der Waals surface area contributed by atoms with Crippen LogP contribution in [0.25, 0.3) is 0 Å². The predicted octanol–water partition coefficient (Wildman–Crippen LogP) is 2.45. The maximum absolute atomic E-state index is 12.5. The Kier molecular flexibility index (Phi) is 6.26. The summed E-state index contributed by atoms with van der Waals surface area (Å²) >= 11 is 3.34. The number of esters is 1. The van der Waals surface area contributed by atoms with Crippen molar-refractivity contribution >= 4 is 27.8 Å². The third-order valence-electron chi connectivity index (χ3n) is 2.69. The zero-order valence-electron chi connectivity index (χ0n) is 12.4. The van der Waals surface area contributed by atoms with E-state index in [2.05, 4.69) is 15.9 Å². The lowest BCUT2D eigenvalue weighted by atomic mass is 10.2. The van der Waals surface area contributed by atoms with Crippen molar-refractivity contribution in [2.75, 3.05) is 19.7 Å². The molecular formula is C14H21BrN2O3. The van der Waals surface area contributed by atoms with Gasteiger partial charge in [0.1, 0.15) is 12.2 Å². The Balaban J connectivity index is 2.89. The van der Waals surface area contributed by atoms with Crippen LogP contribution in [-0.2, 0) is 16.6 Å². The maximum atomic E-state index is 12.5. The fourth-order valence-electron chi connectivity index (χ4n) is 1.92. The third kappa shape index (κ3) is 4.67. The van der Waals surface area contributed by atoms with Gasteiger partial charge in [0.05, 0.1) is 6.61 Å². The molecule has 0 fully saturated rings. The van der Waals surface area contributed by atoms with E-state index in [0.717, 1.165) is 4.47 Å². The van der Waals surface area contributed by atoms with Gasteiger partial charge in [-0.05, 0) is 34.8 Å². The van der Waals surface area contributed by atoms with Crippen LogP contribution in [0, 0.1) is 5.92 Å². The fraction of sp³-hybridized carbons (Fsp3) is 0.571. The van der Waals surface area contributed by atoms with Crippen molar-refractivity contribution in [3.05, 3.63) is 22.4 Å².